The minimum absolute atomic E-state index is 0.340. The predicted molar refractivity (Wildman–Crippen MR) is 123 cm³/mol. The van der Waals surface area contributed by atoms with Gasteiger partial charge in [0.2, 0.25) is 0 Å². The quantitative estimate of drug-likeness (QED) is 0.347. The highest BCUT2D eigenvalue weighted by Gasteiger charge is 2.20. The van der Waals surface area contributed by atoms with Gasteiger partial charge in [-0.2, -0.15) is 0 Å². The number of esters is 1. The molecular formula is C24H24ClN3O3. The van der Waals surface area contributed by atoms with E-state index in [9.17, 15) is 9.70 Å². The van der Waals surface area contributed by atoms with E-state index >= 15 is 0 Å². The summed E-state index contributed by atoms with van der Waals surface area (Å²) < 4.78 is 5.39. The first-order valence-electron chi connectivity index (χ1n) is 9.81. The summed E-state index contributed by atoms with van der Waals surface area (Å²) in [6.45, 7) is 7.36. The molecule has 3 aromatic rings. The van der Waals surface area contributed by atoms with Crippen LogP contribution in [0.1, 0.15) is 53.9 Å². The van der Waals surface area contributed by atoms with Gasteiger partial charge in [0.25, 0.3) is 0 Å². The van der Waals surface area contributed by atoms with E-state index in [2.05, 4.69) is 15.5 Å². The van der Waals surface area contributed by atoms with Gasteiger partial charge in [0, 0.05) is 22.5 Å². The lowest BCUT2D eigenvalue weighted by atomic mass is 9.95. The van der Waals surface area contributed by atoms with Crippen molar-refractivity contribution in [3.8, 4) is 0 Å². The second kappa shape index (κ2) is 9.27. The lowest BCUT2D eigenvalue weighted by Gasteiger charge is -2.19. The van der Waals surface area contributed by atoms with Crippen LogP contribution >= 0.6 is 11.6 Å². The number of nitrogens with one attached hydrogen (secondary N) is 1. The van der Waals surface area contributed by atoms with Gasteiger partial charge in [-0.05, 0) is 57.0 Å². The van der Waals surface area contributed by atoms with Gasteiger partial charge in [-0.15, -0.1) is 4.91 Å². The van der Waals surface area contributed by atoms with Crippen LogP contribution in [0.3, 0.4) is 0 Å². The smallest absolute Gasteiger partial charge is 0.340 e. The molecule has 1 unspecified atom stereocenters. The molecule has 31 heavy (non-hydrogen) atoms. The molecule has 7 heteroatoms. The Hall–Kier alpha value is -3.25. The van der Waals surface area contributed by atoms with Crippen LogP contribution in [-0.2, 0) is 4.74 Å². The van der Waals surface area contributed by atoms with E-state index < -0.39 is 17.6 Å². The summed E-state index contributed by atoms with van der Waals surface area (Å²) in [6.07, 6.45) is 3.05. The number of aryl methyl sites for hydroxylation is 1. The van der Waals surface area contributed by atoms with Crippen LogP contribution in [-0.4, -0.2) is 16.6 Å². The minimum Gasteiger partial charge on any atom is -0.456 e. The maximum absolute atomic E-state index is 12.3. The zero-order valence-electron chi connectivity index (χ0n) is 17.8. The van der Waals surface area contributed by atoms with Gasteiger partial charge in [-0.3, -0.25) is 4.98 Å². The third-order valence-corrected chi connectivity index (χ3v) is 4.87. The Balaban J connectivity index is 1.83. The van der Waals surface area contributed by atoms with Crippen LogP contribution in [0.15, 0.2) is 66.1 Å². The van der Waals surface area contributed by atoms with E-state index in [1.807, 2.05) is 52.0 Å². The molecule has 1 aromatic heterocycles. The number of ether oxygens (including phenoxy) is 1. The van der Waals surface area contributed by atoms with E-state index in [1.165, 1.54) is 6.20 Å². The van der Waals surface area contributed by atoms with Crippen LogP contribution in [0.2, 0.25) is 5.02 Å². The first-order chi connectivity index (χ1) is 14.7. The first kappa shape index (κ1) is 22.4. The molecule has 0 radical (unpaired) electrons. The number of nitrogens with zero attached hydrogens (tertiary/aromatic N) is 2. The Kier molecular flexibility index (Phi) is 6.71. The molecule has 1 atom stereocenters. The van der Waals surface area contributed by atoms with Crippen molar-refractivity contribution < 1.29 is 9.53 Å². The molecule has 3 rings (SSSR count). The zero-order chi connectivity index (χ0) is 22.6. The van der Waals surface area contributed by atoms with Crippen molar-refractivity contribution in [3.05, 3.63) is 93.1 Å². The molecule has 0 spiro atoms. The van der Waals surface area contributed by atoms with Crippen LogP contribution in [0, 0.1) is 11.8 Å². The number of anilines is 2. The highest BCUT2D eigenvalue weighted by Crippen LogP contribution is 2.35. The maximum Gasteiger partial charge on any atom is 0.340 e. The van der Waals surface area contributed by atoms with Crippen molar-refractivity contribution in [2.45, 2.75) is 39.3 Å². The molecule has 0 aliphatic heterocycles. The van der Waals surface area contributed by atoms with E-state index in [0.717, 1.165) is 11.1 Å². The van der Waals surface area contributed by atoms with Crippen molar-refractivity contribution in [1.29, 1.82) is 0 Å². The molecule has 0 aliphatic carbocycles. The van der Waals surface area contributed by atoms with Crippen molar-refractivity contribution in [2.75, 3.05) is 5.32 Å². The van der Waals surface area contributed by atoms with E-state index in [-0.39, 0.29) is 0 Å². The molecule has 160 valence electrons. The summed E-state index contributed by atoms with van der Waals surface area (Å²) in [4.78, 5) is 28.0. The SMILES string of the molecule is Cc1ccccc1C(N=O)c1ccc(Nc2cncc(C(=O)OC(C)(C)C)c2)cc1Cl. The number of benzene rings is 2. The fourth-order valence-electron chi connectivity index (χ4n) is 3.12. The predicted octanol–water partition coefficient (Wildman–Crippen LogP) is 6.60. The average molecular weight is 438 g/mol. The average Bonchev–Trinajstić information content (AvgIpc) is 2.70. The molecule has 0 saturated heterocycles. The Labute approximate surface area is 186 Å². The molecule has 0 amide bonds. The molecule has 0 saturated carbocycles. The fourth-order valence-corrected chi connectivity index (χ4v) is 3.41. The molecule has 2 aromatic carbocycles. The molecule has 0 fully saturated rings. The highest BCUT2D eigenvalue weighted by atomic mass is 35.5. The second-order valence-corrected chi connectivity index (χ2v) is 8.60. The number of pyridine rings is 1. The number of carbonyl (C=O) groups excluding carboxylic acids is 1. The topological polar surface area (TPSA) is 80.7 Å². The third kappa shape index (κ3) is 5.67. The second-order valence-electron chi connectivity index (χ2n) is 8.19. The van der Waals surface area contributed by atoms with Crippen LogP contribution in [0.25, 0.3) is 0 Å². The molecule has 1 heterocycles. The summed E-state index contributed by atoms with van der Waals surface area (Å²) in [5, 5.41) is 6.89. The lowest BCUT2D eigenvalue weighted by molar-refractivity contribution is 0.00691. The standard InChI is InChI=1S/C24H24ClN3O3/c1-15-7-5-6-8-19(15)22(28-30)20-10-9-17(12-21(20)25)27-18-11-16(13-26-14-18)23(29)31-24(2,3)4/h5-14,22,27H,1-4H3. The summed E-state index contributed by atoms with van der Waals surface area (Å²) in [5.74, 6) is -0.449. The lowest BCUT2D eigenvalue weighted by Crippen LogP contribution is -2.24. The van der Waals surface area contributed by atoms with Crippen molar-refractivity contribution in [1.82, 2.24) is 4.98 Å². The Morgan fingerprint density at radius 1 is 1.06 bits per heavy atom. The maximum atomic E-state index is 12.3. The van der Waals surface area contributed by atoms with Gasteiger partial charge >= 0.3 is 5.97 Å². The normalized spacial score (nSPS) is 12.2. The van der Waals surface area contributed by atoms with Gasteiger partial charge in [0.1, 0.15) is 11.6 Å². The van der Waals surface area contributed by atoms with Gasteiger partial charge in [-0.1, -0.05) is 47.1 Å². The summed E-state index contributed by atoms with van der Waals surface area (Å²) >= 11 is 6.50. The summed E-state index contributed by atoms with van der Waals surface area (Å²) in [6, 6.07) is 13.8. The number of hydrogen-bond donors (Lipinski definition) is 1. The van der Waals surface area contributed by atoms with E-state index in [1.54, 1.807) is 30.5 Å². The highest BCUT2D eigenvalue weighted by molar-refractivity contribution is 6.31. The van der Waals surface area contributed by atoms with Gasteiger partial charge in [0.15, 0.2) is 0 Å². The van der Waals surface area contributed by atoms with Gasteiger partial charge < -0.3 is 10.1 Å². The number of rotatable bonds is 6. The fraction of sp³-hybridized carbons (Fsp3) is 0.250. The van der Waals surface area contributed by atoms with Crippen molar-refractivity contribution in [2.24, 2.45) is 5.18 Å². The van der Waals surface area contributed by atoms with E-state index in [4.69, 9.17) is 16.3 Å². The largest absolute Gasteiger partial charge is 0.456 e. The first-order valence-corrected chi connectivity index (χ1v) is 10.2. The number of hydrogen-bond acceptors (Lipinski definition) is 6. The molecule has 0 aliphatic rings. The van der Waals surface area contributed by atoms with Crippen LogP contribution in [0.5, 0.6) is 0 Å². The van der Waals surface area contributed by atoms with Crippen LogP contribution in [0.4, 0.5) is 11.4 Å². The Bertz CT molecular complexity index is 1110. The molecule has 1 N–H and O–H groups in total. The number of carbonyl (C=O) groups is 1. The Morgan fingerprint density at radius 2 is 1.81 bits per heavy atom. The monoisotopic (exact) mass is 437 g/mol. The zero-order valence-corrected chi connectivity index (χ0v) is 18.6. The molecular weight excluding hydrogens is 414 g/mol. The minimum atomic E-state index is -0.695. The third-order valence-electron chi connectivity index (χ3n) is 4.55. The van der Waals surface area contributed by atoms with Gasteiger partial charge in [0.05, 0.1) is 17.4 Å². The van der Waals surface area contributed by atoms with Crippen LogP contribution < -0.4 is 5.32 Å². The van der Waals surface area contributed by atoms with Crippen molar-refractivity contribution in [3.63, 3.8) is 0 Å². The number of halogens is 1. The molecule has 0 bridgehead atoms. The molecule has 6 nitrogen and oxygen atoms in total. The number of aromatic nitrogens is 1. The van der Waals surface area contributed by atoms with Crippen molar-refractivity contribution >= 4 is 28.9 Å². The van der Waals surface area contributed by atoms with Gasteiger partial charge in [-0.25, -0.2) is 4.79 Å². The van der Waals surface area contributed by atoms with E-state index in [0.29, 0.717) is 27.5 Å². The summed E-state index contributed by atoms with van der Waals surface area (Å²) in [7, 11) is 0. The summed E-state index contributed by atoms with van der Waals surface area (Å²) in [5.41, 5.74) is 3.45. The Morgan fingerprint density at radius 3 is 2.45 bits per heavy atom. The number of nitroso groups, excluding NO2 is 1.